The molecule has 2 aliphatic rings. The Morgan fingerprint density at radius 2 is 1.84 bits per heavy atom. The Morgan fingerprint density at radius 1 is 1.12 bits per heavy atom. The molecule has 0 saturated carbocycles. The summed E-state index contributed by atoms with van der Waals surface area (Å²) in [5.74, 6) is 0.897. The quantitative estimate of drug-likeness (QED) is 0.310. The predicted molar refractivity (Wildman–Crippen MR) is 133 cm³/mol. The van der Waals surface area contributed by atoms with Crippen LogP contribution in [0.3, 0.4) is 0 Å². The summed E-state index contributed by atoms with van der Waals surface area (Å²) in [4.78, 5) is 23.5. The van der Waals surface area contributed by atoms with E-state index in [1.165, 1.54) is 6.07 Å². The summed E-state index contributed by atoms with van der Waals surface area (Å²) < 4.78 is 24.7. The number of benzene rings is 1. The largest absolute Gasteiger partial charge is 0.491 e. The highest BCUT2D eigenvalue weighted by molar-refractivity contribution is 14.0. The van der Waals surface area contributed by atoms with Crippen LogP contribution in [0.2, 0.25) is 0 Å². The van der Waals surface area contributed by atoms with Crippen molar-refractivity contribution in [1.29, 1.82) is 0 Å². The van der Waals surface area contributed by atoms with Crippen molar-refractivity contribution in [3.05, 3.63) is 29.6 Å². The molecule has 1 amide bonds. The van der Waals surface area contributed by atoms with Gasteiger partial charge in [0.2, 0.25) is 5.91 Å². The maximum atomic E-state index is 14.1. The van der Waals surface area contributed by atoms with Crippen molar-refractivity contribution in [2.24, 2.45) is 4.99 Å². The van der Waals surface area contributed by atoms with Crippen LogP contribution in [0, 0.1) is 5.82 Å². The fourth-order valence-corrected chi connectivity index (χ4v) is 3.73. The first-order valence-corrected chi connectivity index (χ1v) is 11.1. The maximum absolute atomic E-state index is 14.1. The smallest absolute Gasteiger partial charge is 0.236 e. The van der Waals surface area contributed by atoms with Gasteiger partial charge in [-0.05, 0) is 31.5 Å². The van der Waals surface area contributed by atoms with Crippen molar-refractivity contribution >= 4 is 35.8 Å². The highest BCUT2D eigenvalue weighted by Gasteiger charge is 2.24. The Bertz CT molecular complexity index is 753. The summed E-state index contributed by atoms with van der Waals surface area (Å²) in [6, 6.07) is 4.98. The molecular formula is C22H35FIN5O3. The number of nitrogens with zero attached hydrogens (tertiary/aromatic N) is 4. The second-order valence-corrected chi connectivity index (χ2v) is 7.62. The molecular weight excluding hydrogens is 528 g/mol. The van der Waals surface area contributed by atoms with Gasteiger partial charge in [-0.1, -0.05) is 6.07 Å². The van der Waals surface area contributed by atoms with E-state index in [2.05, 4.69) is 15.1 Å². The van der Waals surface area contributed by atoms with Gasteiger partial charge < -0.3 is 24.6 Å². The van der Waals surface area contributed by atoms with Crippen LogP contribution >= 0.6 is 24.0 Å². The number of piperazine rings is 1. The third kappa shape index (κ3) is 7.73. The molecule has 0 aliphatic carbocycles. The highest BCUT2D eigenvalue weighted by atomic mass is 127. The molecule has 0 bridgehead atoms. The Morgan fingerprint density at radius 3 is 2.47 bits per heavy atom. The van der Waals surface area contributed by atoms with Crippen LogP contribution in [-0.2, 0) is 16.1 Å². The van der Waals surface area contributed by atoms with Crippen LogP contribution in [0.1, 0.15) is 19.4 Å². The van der Waals surface area contributed by atoms with Crippen LogP contribution < -0.4 is 10.1 Å². The van der Waals surface area contributed by atoms with Crippen molar-refractivity contribution in [1.82, 2.24) is 20.0 Å². The molecule has 2 aliphatic heterocycles. The van der Waals surface area contributed by atoms with E-state index in [9.17, 15) is 9.18 Å². The molecule has 0 radical (unpaired) electrons. The number of hydrogen-bond acceptors (Lipinski definition) is 5. The molecule has 180 valence electrons. The van der Waals surface area contributed by atoms with Crippen LogP contribution in [0.25, 0.3) is 0 Å². The van der Waals surface area contributed by atoms with Crippen molar-refractivity contribution in [3.8, 4) is 5.75 Å². The van der Waals surface area contributed by atoms with Crippen LogP contribution in [0.5, 0.6) is 5.75 Å². The third-order valence-electron chi connectivity index (χ3n) is 5.44. The molecule has 0 atom stereocenters. The van der Waals surface area contributed by atoms with Crippen LogP contribution in [0.4, 0.5) is 4.39 Å². The summed E-state index contributed by atoms with van der Waals surface area (Å²) in [7, 11) is 0. The zero-order chi connectivity index (χ0) is 22.1. The fraction of sp³-hybridized carbons (Fsp3) is 0.636. The van der Waals surface area contributed by atoms with Gasteiger partial charge in [0.25, 0.3) is 0 Å². The van der Waals surface area contributed by atoms with Gasteiger partial charge in [0.05, 0.1) is 32.9 Å². The molecule has 1 N–H and O–H groups in total. The van der Waals surface area contributed by atoms with E-state index in [1.54, 1.807) is 6.07 Å². The first-order valence-electron chi connectivity index (χ1n) is 11.1. The summed E-state index contributed by atoms with van der Waals surface area (Å²) in [6.07, 6.45) is 0. The molecule has 10 heteroatoms. The Hall–Kier alpha value is -1.66. The lowest BCUT2D eigenvalue weighted by Gasteiger charge is -2.37. The molecule has 3 rings (SSSR count). The standard InChI is InChI=1S/C22H34FN5O3.HI/c1-3-24-22(25-16-18-5-6-20(31-4-2)19(23)15-18)28-9-7-26(8-10-28)17-21(29)27-11-13-30-14-12-27;/h5-6,15H,3-4,7-14,16-17H2,1-2H3,(H,24,25);1H. The van der Waals surface area contributed by atoms with Gasteiger partial charge in [-0.15, -0.1) is 24.0 Å². The zero-order valence-corrected chi connectivity index (χ0v) is 21.3. The van der Waals surface area contributed by atoms with E-state index < -0.39 is 0 Å². The number of carbonyl (C=O) groups is 1. The number of halogens is 2. The number of carbonyl (C=O) groups excluding carboxylic acids is 1. The molecule has 2 saturated heterocycles. The zero-order valence-electron chi connectivity index (χ0n) is 19.0. The first-order chi connectivity index (χ1) is 15.1. The monoisotopic (exact) mass is 563 g/mol. The van der Waals surface area contributed by atoms with E-state index in [1.807, 2.05) is 24.8 Å². The van der Waals surface area contributed by atoms with Gasteiger partial charge in [-0.25, -0.2) is 9.38 Å². The lowest BCUT2D eigenvalue weighted by atomic mass is 10.2. The number of ether oxygens (including phenoxy) is 2. The number of aliphatic imine (C=N–C) groups is 1. The summed E-state index contributed by atoms with van der Waals surface area (Å²) in [6.45, 7) is 11.7. The lowest BCUT2D eigenvalue weighted by molar-refractivity contribution is -0.136. The van der Waals surface area contributed by atoms with Crippen molar-refractivity contribution in [2.75, 3.05) is 72.2 Å². The molecule has 0 aromatic heterocycles. The SMILES string of the molecule is CCNC(=NCc1ccc(OCC)c(F)c1)N1CCN(CC(=O)N2CCOCC2)CC1.I. The van der Waals surface area contributed by atoms with Crippen LogP contribution in [0.15, 0.2) is 23.2 Å². The minimum absolute atomic E-state index is 0. The van der Waals surface area contributed by atoms with E-state index >= 15 is 0 Å². The van der Waals surface area contributed by atoms with Gasteiger partial charge in [0.1, 0.15) is 0 Å². The number of morpholine rings is 1. The van der Waals surface area contributed by atoms with Gasteiger partial charge in [-0.3, -0.25) is 9.69 Å². The number of amides is 1. The average Bonchev–Trinajstić information content (AvgIpc) is 2.79. The van der Waals surface area contributed by atoms with E-state index in [4.69, 9.17) is 14.5 Å². The lowest BCUT2D eigenvalue weighted by Crippen LogP contribution is -2.54. The van der Waals surface area contributed by atoms with E-state index in [0.29, 0.717) is 46.0 Å². The molecule has 32 heavy (non-hydrogen) atoms. The average molecular weight is 563 g/mol. The summed E-state index contributed by atoms with van der Waals surface area (Å²) in [5.41, 5.74) is 0.797. The summed E-state index contributed by atoms with van der Waals surface area (Å²) in [5, 5.41) is 3.33. The van der Waals surface area contributed by atoms with E-state index in [0.717, 1.165) is 44.2 Å². The topological polar surface area (TPSA) is 69.6 Å². The third-order valence-corrected chi connectivity index (χ3v) is 5.44. The van der Waals surface area contributed by atoms with Gasteiger partial charge in [0, 0.05) is 45.8 Å². The van der Waals surface area contributed by atoms with Gasteiger partial charge >= 0.3 is 0 Å². The first kappa shape index (κ1) is 26.6. The molecule has 8 nitrogen and oxygen atoms in total. The molecule has 0 unspecified atom stereocenters. The summed E-state index contributed by atoms with van der Waals surface area (Å²) >= 11 is 0. The maximum Gasteiger partial charge on any atom is 0.236 e. The van der Waals surface area contributed by atoms with Crippen LogP contribution in [-0.4, -0.2) is 98.7 Å². The van der Waals surface area contributed by atoms with Crippen molar-refractivity contribution in [2.45, 2.75) is 20.4 Å². The fourth-order valence-electron chi connectivity index (χ4n) is 3.73. The number of hydrogen-bond donors (Lipinski definition) is 1. The van der Waals surface area contributed by atoms with Gasteiger partial charge in [-0.2, -0.15) is 0 Å². The minimum atomic E-state index is -0.363. The number of nitrogens with one attached hydrogen (secondary N) is 1. The molecule has 2 fully saturated rings. The van der Waals surface area contributed by atoms with Gasteiger partial charge in [0.15, 0.2) is 17.5 Å². The number of rotatable bonds is 7. The van der Waals surface area contributed by atoms with E-state index in [-0.39, 0.29) is 41.5 Å². The minimum Gasteiger partial charge on any atom is -0.491 e. The normalized spacial score (nSPS) is 17.7. The second kappa shape index (κ2) is 13.8. The molecule has 0 spiro atoms. The molecule has 2 heterocycles. The Labute approximate surface area is 207 Å². The number of guanidine groups is 1. The highest BCUT2D eigenvalue weighted by Crippen LogP contribution is 2.19. The predicted octanol–water partition coefficient (Wildman–Crippen LogP) is 1.78. The molecule has 1 aromatic rings. The van der Waals surface area contributed by atoms with Crippen molar-refractivity contribution in [3.63, 3.8) is 0 Å². The molecule has 1 aromatic carbocycles. The van der Waals surface area contributed by atoms with Crippen molar-refractivity contribution < 1.29 is 18.7 Å². The second-order valence-electron chi connectivity index (χ2n) is 7.62. The Balaban J connectivity index is 0.00000363. The Kier molecular flexibility index (Phi) is 11.5.